The molecule has 0 aliphatic heterocycles. The van der Waals surface area contributed by atoms with E-state index in [-0.39, 0.29) is 16.5 Å². The average molecular weight is 395 g/mol. The van der Waals surface area contributed by atoms with Crippen LogP contribution in [0.5, 0.6) is 5.75 Å². The Morgan fingerprint density at radius 3 is 2.63 bits per heavy atom. The first kappa shape index (κ1) is 20.6. The van der Waals surface area contributed by atoms with Crippen LogP contribution in [0.1, 0.15) is 22.4 Å². The number of pyridine rings is 1. The maximum absolute atomic E-state index is 13.1. The van der Waals surface area contributed by atoms with Gasteiger partial charge in [0.15, 0.2) is 0 Å². The second-order valence-corrected chi connectivity index (χ2v) is 6.61. The Hall–Kier alpha value is -2.73. The SMILES string of the molecule is COc1ccc(C)cc1NC(=O)CSc1nc(C)cc(C(F)(F)F)c1C#N. The minimum absolute atomic E-state index is 0.115. The van der Waals surface area contributed by atoms with E-state index >= 15 is 0 Å². The number of carbonyl (C=O) groups excluding carboxylic acids is 1. The topological polar surface area (TPSA) is 75.0 Å². The summed E-state index contributed by atoms with van der Waals surface area (Å²) < 4.78 is 44.5. The number of ether oxygens (including phenoxy) is 1. The predicted octanol–water partition coefficient (Wildman–Crippen LogP) is 4.33. The van der Waals surface area contributed by atoms with Crippen molar-refractivity contribution in [2.45, 2.75) is 25.0 Å². The van der Waals surface area contributed by atoms with Crippen molar-refractivity contribution in [3.8, 4) is 11.8 Å². The largest absolute Gasteiger partial charge is 0.495 e. The zero-order valence-electron chi connectivity index (χ0n) is 14.8. The number of halogens is 3. The van der Waals surface area contributed by atoms with Crippen LogP contribution >= 0.6 is 11.8 Å². The molecule has 0 saturated heterocycles. The Balaban J connectivity index is 2.20. The van der Waals surface area contributed by atoms with Crippen LogP contribution < -0.4 is 10.1 Å². The number of aryl methyl sites for hydroxylation is 2. The molecule has 27 heavy (non-hydrogen) atoms. The standard InChI is InChI=1S/C18H16F3N3O2S/c1-10-4-5-15(26-3)14(6-10)24-16(25)9-27-17-12(8-22)13(18(19,20)21)7-11(2)23-17/h4-7H,9H2,1-3H3,(H,24,25). The van der Waals surface area contributed by atoms with Crippen LogP contribution in [0, 0.1) is 25.2 Å². The summed E-state index contributed by atoms with van der Waals surface area (Å²) in [6.45, 7) is 3.25. The number of rotatable bonds is 5. The zero-order chi connectivity index (χ0) is 20.2. The highest BCUT2D eigenvalue weighted by molar-refractivity contribution is 8.00. The van der Waals surface area contributed by atoms with Gasteiger partial charge in [-0.25, -0.2) is 4.98 Å². The van der Waals surface area contributed by atoms with Gasteiger partial charge in [-0.1, -0.05) is 17.8 Å². The molecule has 1 N–H and O–H groups in total. The summed E-state index contributed by atoms with van der Waals surface area (Å²) in [5, 5.41) is 11.7. The highest BCUT2D eigenvalue weighted by Gasteiger charge is 2.35. The number of nitriles is 1. The van der Waals surface area contributed by atoms with E-state index in [1.54, 1.807) is 18.2 Å². The summed E-state index contributed by atoms with van der Waals surface area (Å²) in [7, 11) is 1.46. The van der Waals surface area contributed by atoms with Crippen LogP contribution in [-0.4, -0.2) is 23.8 Å². The van der Waals surface area contributed by atoms with Crippen LogP contribution in [0.25, 0.3) is 0 Å². The molecule has 5 nitrogen and oxygen atoms in total. The fourth-order valence-corrected chi connectivity index (χ4v) is 3.17. The number of aromatic nitrogens is 1. The number of nitrogens with zero attached hydrogens (tertiary/aromatic N) is 2. The van der Waals surface area contributed by atoms with E-state index < -0.39 is 23.2 Å². The fraction of sp³-hybridized carbons (Fsp3) is 0.278. The summed E-state index contributed by atoms with van der Waals surface area (Å²) in [5.41, 5.74) is -0.165. The smallest absolute Gasteiger partial charge is 0.417 e. The van der Waals surface area contributed by atoms with Crippen molar-refractivity contribution in [3.63, 3.8) is 0 Å². The van der Waals surface area contributed by atoms with E-state index in [9.17, 15) is 18.0 Å². The minimum Gasteiger partial charge on any atom is -0.495 e. The van der Waals surface area contributed by atoms with E-state index in [1.165, 1.54) is 14.0 Å². The van der Waals surface area contributed by atoms with Crippen molar-refractivity contribution in [3.05, 3.63) is 46.6 Å². The van der Waals surface area contributed by atoms with E-state index in [1.807, 2.05) is 13.0 Å². The van der Waals surface area contributed by atoms with Crippen molar-refractivity contribution in [1.82, 2.24) is 4.98 Å². The van der Waals surface area contributed by atoms with Gasteiger partial charge in [-0.15, -0.1) is 0 Å². The molecule has 0 fully saturated rings. The minimum atomic E-state index is -4.68. The number of methoxy groups -OCH3 is 1. The molecule has 1 aromatic heterocycles. The summed E-state index contributed by atoms with van der Waals surface area (Å²) in [4.78, 5) is 16.2. The average Bonchev–Trinajstić information content (AvgIpc) is 2.59. The molecule has 2 rings (SSSR count). The maximum Gasteiger partial charge on any atom is 0.417 e. The van der Waals surface area contributed by atoms with Crippen molar-refractivity contribution < 1.29 is 22.7 Å². The third-order valence-corrected chi connectivity index (χ3v) is 4.48. The molecule has 0 saturated carbocycles. The van der Waals surface area contributed by atoms with Crippen LogP contribution in [0.2, 0.25) is 0 Å². The Morgan fingerprint density at radius 2 is 2.04 bits per heavy atom. The molecule has 0 aliphatic carbocycles. The van der Waals surface area contributed by atoms with E-state index in [0.717, 1.165) is 23.4 Å². The first-order chi connectivity index (χ1) is 12.7. The third-order valence-electron chi connectivity index (χ3n) is 3.50. The molecule has 0 unspecified atom stereocenters. The highest BCUT2D eigenvalue weighted by Crippen LogP contribution is 2.36. The van der Waals surface area contributed by atoms with Crippen LogP contribution in [0.4, 0.5) is 18.9 Å². The third kappa shape index (κ3) is 5.14. The lowest BCUT2D eigenvalue weighted by molar-refractivity contribution is -0.138. The van der Waals surface area contributed by atoms with E-state index in [4.69, 9.17) is 10.00 Å². The molecule has 0 bridgehead atoms. The highest BCUT2D eigenvalue weighted by atomic mass is 32.2. The van der Waals surface area contributed by atoms with Gasteiger partial charge in [0, 0.05) is 5.69 Å². The summed E-state index contributed by atoms with van der Waals surface area (Å²) in [5.74, 6) is -0.200. The summed E-state index contributed by atoms with van der Waals surface area (Å²) in [6.07, 6.45) is -4.68. The van der Waals surface area contributed by atoms with Gasteiger partial charge in [0.2, 0.25) is 5.91 Å². The molecule has 1 amide bonds. The number of amides is 1. The lowest BCUT2D eigenvalue weighted by atomic mass is 10.1. The van der Waals surface area contributed by atoms with Crippen LogP contribution in [0.3, 0.4) is 0 Å². The van der Waals surface area contributed by atoms with Crippen molar-refractivity contribution >= 4 is 23.4 Å². The first-order valence-electron chi connectivity index (χ1n) is 7.72. The number of thioether (sulfide) groups is 1. The van der Waals surface area contributed by atoms with E-state index in [0.29, 0.717) is 11.4 Å². The maximum atomic E-state index is 13.1. The van der Waals surface area contributed by atoms with Crippen molar-refractivity contribution in [1.29, 1.82) is 5.26 Å². The Bertz CT molecular complexity index is 908. The van der Waals surface area contributed by atoms with Gasteiger partial charge in [0.1, 0.15) is 16.8 Å². The molecule has 0 atom stereocenters. The number of hydrogen-bond donors (Lipinski definition) is 1. The summed E-state index contributed by atoms with van der Waals surface area (Å²) >= 11 is 0.775. The van der Waals surface area contributed by atoms with Crippen molar-refractivity contribution in [2.75, 3.05) is 18.2 Å². The first-order valence-corrected chi connectivity index (χ1v) is 8.70. The Labute approximate surface area is 158 Å². The second kappa shape index (κ2) is 8.31. The number of hydrogen-bond acceptors (Lipinski definition) is 5. The molecule has 2 aromatic rings. The normalized spacial score (nSPS) is 11.0. The molecule has 142 valence electrons. The lowest BCUT2D eigenvalue weighted by Gasteiger charge is -2.13. The van der Waals surface area contributed by atoms with Gasteiger partial charge < -0.3 is 10.1 Å². The number of benzene rings is 1. The van der Waals surface area contributed by atoms with Gasteiger partial charge in [0.05, 0.1) is 29.7 Å². The lowest BCUT2D eigenvalue weighted by Crippen LogP contribution is -2.16. The fourth-order valence-electron chi connectivity index (χ4n) is 2.32. The molecule has 1 heterocycles. The molecule has 0 aliphatic rings. The number of anilines is 1. The van der Waals surface area contributed by atoms with Gasteiger partial charge in [-0.2, -0.15) is 18.4 Å². The van der Waals surface area contributed by atoms with Crippen molar-refractivity contribution in [2.24, 2.45) is 0 Å². The quantitative estimate of drug-likeness (QED) is 0.763. The number of carbonyl (C=O) groups is 1. The molecule has 0 spiro atoms. The Kier molecular flexibility index (Phi) is 6.33. The van der Waals surface area contributed by atoms with Gasteiger partial charge in [0.25, 0.3) is 0 Å². The zero-order valence-corrected chi connectivity index (χ0v) is 15.6. The molecule has 1 aromatic carbocycles. The molecular weight excluding hydrogens is 379 g/mol. The Morgan fingerprint density at radius 1 is 1.33 bits per heavy atom. The monoisotopic (exact) mass is 395 g/mol. The summed E-state index contributed by atoms with van der Waals surface area (Å²) in [6, 6.07) is 7.59. The molecular formula is C18H16F3N3O2S. The molecule has 9 heteroatoms. The van der Waals surface area contributed by atoms with Crippen LogP contribution in [0.15, 0.2) is 29.3 Å². The van der Waals surface area contributed by atoms with E-state index in [2.05, 4.69) is 10.3 Å². The van der Waals surface area contributed by atoms with Crippen LogP contribution in [-0.2, 0) is 11.0 Å². The predicted molar refractivity (Wildman–Crippen MR) is 95.8 cm³/mol. The van der Waals surface area contributed by atoms with Gasteiger partial charge in [-0.3, -0.25) is 4.79 Å². The number of alkyl halides is 3. The second-order valence-electron chi connectivity index (χ2n) is 5.64. The van der Waals surface area contributed by atoms with Gasteiger partial charge >= 0.3 is 6.18 Å². The van der Waals surface area contributed by atoms with Gasteiger partial charge in [-0.05, 0) is 37.6 Å². The number of nitrogens with one attached hydrogen (secondary N) is 1. The molecule has 0 radical (unpaired) electrons.